The number of rotatable bonds is 4. The van der Waals surface area contributed by atoms with Crippen molar-refractivity contribution in [2.24, 2.45) is 10.9 Å². The third-order valence-corrected chi connectivity index (χ3v) is 5.84. The molecule has 0 aromatic heterocycles. The first-order valence-electron chi connectivity index (χ1n) is 9.59. The lowest BCUT2D eigenvalue weighted by molar-refractivity contribution is 0.281. The van der Waals surface area contributed by atoms with Gasteiger partial charge in [0.25, 0.3) is 0 Å². The summed E-state index contributed by atoms with van der Waals surface area (Å²) >= 11 is 0. The first kappa shape index (κ1) is 15.9. The predicted molar refractivity (Wildman–Crippen MR) is 99.4 cm³/mol. The van der Waals surface area contributed by atoms with Crippen LogP contribution in [0.25, 0.3) is 0 Å². The van der Waals surface area contributed by atoms with Crippen LogP contribution >= 0.6 is 0 Å². The van der Waals surface area contributed by atoms with Crippen LogP contribution in [0.5, 0.6) is 0 Å². The second-order valence-corrected chi connectivity index (χ2v) is 7.66. The molecule has 0 amide bonds. The number of nitrogens with one attached hydrogen (secondary N) is 1. The highest BCUT2D eigenvalue weighted by Gasteiger charge is 2.40. The fourth-order valence-corrected chi connectivity index (χ4v) is 4.39. The van der Waals surface area contributed by atoms with Crippen LogP contribution in [0.4, 0.5) is 0 Å². The number of guanidine groups is 1. The molecule has 3 unspecified atom stereocenters. The number of hydrogen-bond acceptors (Lipinski definition) is 2. The Morgan fingerprint density at radius 1 is 1.17 bits per heavy atom. The molecule has 2 saturated heterocycles. The molecule has 130 valence electrons. The first-order chi connectivity index (χ1) is 11.8. The number of likely N-dealkylation sites (tertiary alicyclic amines) is 2. The fraction of sp³-hybridized carbons (Fsp3) is 0.650. The summed E-state index contributed by atoms with van der Waals surface area (Å²) in [6.07, 6.45) is 5.32. The maximum atomic E-state index is 4.56. The van der Waals surface area contributed by atoms with Crippen LogP contribution in [0.3, 0.4) is 0 Å². The summed E-state index contributed by atoms with van der Waals surface area (Å²) in [5.74, 6) is 2.58. The third kappa shape index (κ3) is 3.59. The van der Waals surface area contributed by atoms with Gasteiger partial charge in [0.1, 0.15) is 0 Å². The Hall–Kier alpha value is -1.55. The molecule has 2 aliphatic heterocycles. The average molecular weight is 326 g/mol. The van der Waals surface area contributed by atoms with E-state index in [1.54, 1.807) is 0 Å². The van der Waals surface area contributed by atoms with Gasteiger partial charge in [0.05, 0.1) is 0 Å². The highest BCUT2D eigenvalue weighted by Crippen LogP contribution is 2.40. The Labute approximate surface area is 145 Å². The van der Waals surface area contributed by atoms with Crippen LogP contribution in [-0.4, -0.2) is 61.6 Å². The zero-order valence-electron chi connectivity index (χ0n) is 14.8. The van der Waals surface area contributed by atoms with Gasteiger partial charge in [-0.1, -0.05) is 30.3 Å². The molecule has 0 spiro atoms. The van der Waals surface area contributed by atoms with Crippen molar-refractivity contribution in [1.29, 1.82) is 0 Å². The molecule has 4 rings (SSSR count). The van der Waals surface area contributed by atoms with Crippen LogP contribution in [-0.2, 0) is 0 Å². The molecule has 4 nitrogen and oxygen atoms in total. The maximum Gasteiger partial charge on any atom is 0.193 e. The highest BCUT2D eigenvalue weighted by atomic mass is 15.3. The quantitative estimate of drug-likeness (QED) is 0.681. The van der Waals surface area contributed by atoms with E-state index in [1.165, 1.54) is 57.4 Å². The Morgan fingerprint density at radius 3 is 2.71 bits per heavy atom. The van der Waals surface area contributed by atoms with E-state index in [2.05, 4.69) is 50.4 Å². The molecular formula is C20H30N4. The zero-order chi connectivity index (χ0) is 16.4. The van der Waals surface area contributed by atoms with E-state index in [0.717, 1.165) is 18.4 Å². The fourth-order valence-electron chi connectivity index (χ4n) is 4.39. The molecule has 24 heavy (non-hydrogen) atoms. The second kappa shape index (κ2) is 7.14. The highest BCUT2D eigenvalue weighted by molar-refractivity contribution is 5.81. The molecule has 1 aromatic carbocycles. The van der Waals surface area contributed by atoms with Crippen LogP contribution in [0.2, 0.25) is 0 Å². The third-order valence-electron chi connectivity index (χ3n) is 5.84. The lowest BCUT2D eigenvalue weighted by atomic mass is 10.1. The number of benzene rings is 1. The summed E-state index contributed by atoms with van der Waals surface area (Å²) in [6.45, 7) is 6.22. The van der Waals surface area contributed by atoms with Gasteiger partial charge in [-0.15, -0.1) is 0 Å². The zero-order valence-corrected chi connectivity index (χ0v) is 14.8. The van der Waals surface area contributed by atoms with Crippen molar-refractivity contribution in [3.05, 3.63) is 35.9 Å². The second-order valence-electron chi connectivity index (χ2n) is 7.66. The molecule has 1 aromatic rings. The predicted octanol–water partition coefficient (Wildman–Crippen LogP) is 2.54. The molecule has 0 radical (unpaired) electrons. The van der Waals surface area contributed by atoms with Crippen molar-refractivity contribution in [3.63, 3.8) is 0 Å². The molecule has 2 heterocycles. The van der Waals surface area contributed by atoms with Gasteiger partial charge in [-0.3, -0.25) is 4.99 Å². The molecule has 3 aliphatic rings. The van der Waals surface area contributed by atoms with E-state index < -0.39 is 0 Å². The van der Waals surface area contributed by atoms with Crippen LogP contribution in [0.1, 0.15) is 37.2 Å². The van der Waals surface area contributed by atoms with Gasteiger partial charge in [0.15, 0.2) is 5.96 Å². The van der Waals surface area contributed by atoms with Gasteiger partial charge in [0, 0.05) is 38.6 Å². The van der Waals surface area contributed by atoms with Gasteiger partial charge >= 0.3 is 0 Å². The Morgan fingerprint density at radius 2 is 1.96 bits per heavy atom. The van der Waals surface area contributed by atoms with Crippen molar-refractivity contribution in [2.45, 2.75) is 37.6 Å². The van der Waals surface area contributed by atoms with Gasteiger partial charge < -0.3 is 15.1 Å². The molecule has 3 atom stereocenters. The normalized spacial score (nSPS) is 30.8. The van der Waals surface area contributed by atoms with E-state index in [9.17, 15) is 0 Å². The molecular weight excluding hydrogens is 296 g/mol. The van der Waals surface area contributed by atoms with Crippen molar-refractivity contribution >= 4 is 5.96 Å². The Kier molecular flexibility index (Phi) is 4.74. The summed E-state index contributed by atoms with van der Waals surface area (Å²) in [7, 11) is 1.93. The van der Waals surface area contributed by atoms with Crippen molar-refractivity contribution in [3.8, 4) is 0 Å². The first-order valence-corrected chi connectivity index (χ1v) is 9.59. The van der Waals surface area contributed by atoms with E-state index in [0.29, 0.717) is 12.0 Å². The largest absolute Gasteiger partial charge is 0.353 e. The van der Waals surface area contributed by atoms with Gasteiger partial charge in [-0.25, -0.2) is 0 Å². The molecule has 1 N–H and O–H groups in total. The van der Waals surface area contributed by atoms with E-state index >= 15 is 0 Å². The van der Waals surface area contributed by atoms with Crippen LogP contribution < -0.4 is 5.32 Å². The molecule has 4 heteroatoms. The lowest BCUT2D eigenvalue weighted by Gasteiger charge is -2.23. The number of aliphatic imine (C=N–C) groups is 1. The molecule has 1 aliphatic carbocycles. The number of hydrogen-bond donors (Lipinski definition) is 1. The SMILES string of the molecule is CN=C(NC1CC1c1ccccc1)N1CCC(CN2CCCC2)C1. The summed E-state index contributed by atoms with van der Waals surface area (Å²) < 4.78 is 0. The van der Waals surface area contributed by atoms with Gasteiger partial charge in [-0.2, -0.15) is 0 Å². The molecule has 3 fully saturated rings. The monoisotopic (exact) mass is 326 g/mol. The molecule has 0 bridgehead atoms. The summed E-state index contributed by atoms with van der Waals surface area (Å²) in [4.78, 5) is 9.69. The minimum atomic E-state index is 0.559. The van der Waals surface area contributed by atoms with Crippen LogP contribution in [0, 0.1) is 5.92 Å². The van der Waals surface area contributed by atoms with E-state index in [4.69, 9.17) is 0 Å². The number of nitrogens with zero attached hydrogens (tertiary/aromatic N) is 3. The van der Waals surface area contributed by atoms with Gasteiger partial charge in [-0.05, 0) is 50.3 Å². The minimum absolute atomic E-state index is 0.559. The van der Waals surface area contributed by atoms with Crippen molar-refractivity contribution in [1.82, 2.24) is 15.1 Å². The topological polar surface area (TPSA) is 30.9 Å². The summed E-state index contributed by atoms with van der Waals surface area (Å²) in [5, 5.41) is 3.71. The summed E-state index contributed by atoms with van der Waals surface area (Å²) in [5.41, 5.74) is 1.46. The Balaban J connectivity index is 1.28. The summed E-state index contributed by atoms with van der Waals surface area (Å²) in [6, 6.07) is 11.4. The van der Waals surface area contributed by atoms with Gasteiger partial charge in [0.2, 0.25) is 0 Å². The van der Waals surface area contributed by atoms with E-state index in [-0.39, 0.29) is 0 Å². The van der Waals surface area contributed by atoms with Crippen molar-refractivity contribution in [2.75, 3.05) is 39.8 Å². The minimum Gasteiger partial charge on any atom is -0.353 e. The Bertz CT molecular complexity index is 564. The van der Waals surface area contributed by atoms with Crippen molar-refractivity contribution < 1.29 is 0 Å². The maximum absolute atomic E-state index is 4.56. The average Bonchev–Trinajstić information content (AvgIpc) is 2.99. The van der Waals surface area contributed by atoms with E-state index in [1.807, 2.05) is 7.05 Å². The molecule has 1 saturated carbocycles. The smallest absolute Gasteiger partial charge is 0.193 e. The standard InChI is InChI=1S/C20H30N4/c1-21-20(22-19-13-18(19)17-7-3-2-4-8-17)24-12-9-16(15-24)14-23-10-5-6-11-23/h2-4,7-8,16,18-19H,5-6,9-15H2,1H3,(H,21,22). The lowest BCUT2D eigenvalue weighted by Crippen LogP contribution is -2.42. The van der Waals surface area contributed by atoms with Crippen LogP contribution in [0.15, 0.2) is 35.3 Å².